The van der Waals surface area contributed by atoms with E-state index < -0.39 is 11.6 Å². The number of methoxy groups -OCH3 is 1. The fourth-order valence-electron chi connectivity index (χ4n) is 4.61. The van der Waals surface area contributed by atoms with Crippen LogP contribution < -0.4 is 20.3 Å². The number of rotatable bonds is 6. The molecule has 1 unspecified atom stereocenters. The highest BCUT2D eigenvalue weighted by molar-refractivity contribution is 6.30. The smallest absolute Gasteiger partial charge is 0.239 e. The molecule has 2 aromatic carbocycles. The maximum absolute atomic E-state index is 14.5. The number of nitrogens with zero attached hydrogens (tertiary/aromatic N) is 4. The van der Waals surface area contributed by atoms with Crippen molar-refractivity contribution in [1.82, 2.24) is 20.2 Å². The number of fused-ring (bicyclic) bond motifs is 1. The van der Waals surface area contributed by atoms with Crippen molar-refractivity contribution in [1.29, 1.82) is 0 Å². The maximum Gasteiger partial charge on any atom is 0.239 e. The van der Waals surface area contributed by atoms with E-state index in [1.54, 1.807) is 6.07 Å². The largest absolute Gasteiger partial charge is 0.494 e. The number of hydrogen-bond acceptors (Lipinski definition) is 7. The van der Waals surface area contributed by atoms with Gasteiger partial charge < -0.3 is 25.2 Å². The molecule has 0 bridgehead atoms. The lowest BCUT2D eigenvalue weighted by Crippen LogP contribution is -2.56. The van der Waals surface area contributed by atoms with Crippen LogP contribution in [0.15, 0.2) is 30.3 Å². The van der Waals surface area contributed by atoms with E-state index in [0.29, 0.717) is 29.9 Å². The van der Waals surface area contributed by atoms with Crippen molar-refractivity contribution in [2.24, 2.45) is 0 Å². The van der Waals surface area contributed by atoms with Crippen molar-refractivity contribution in [3.05, 3.63) is 47.0 Å². The monoisotopic (exact) mass is 516 g/mol. The van der Waals surface area contributed by atoms with Crippen LogP contribution in [0.5, 0.6) is 5.75 Å². The Bertz CT molecular complexity index is 1300. The summed E-state index contributed by atoms with van der Waals surface area (Å²) in [6.07, 6.45) is 2.40. The summed E-state index contributed by atoms with van der Waals surface area (Å²) in [5.74, 6) is -0.245. The van der Waals surface area contributed by atoms with Gasteiger partial charge in [-0.05, 0) is 50.1 Å². The van der Waals surface area contributed by atoms with Crippen molar-refractivity contribution >= 4 is 45.9 Å². The van der Waals surface area contributed by atoms with Crippen LogP contribution in [0.4, 0.5) is 26.2 Å². The third kappa shape index (κ3) is 4.75. The van der Waals surface area contributed by atoms with Crippen LogP contribution in [0.3, 0.4) is 0 Å². The molecule has 2 aliphatic rings. The first-order valence-electron chi connectivity index (χ1n) is 11.9. The van der Waals surface area contributed by atoms with E-state index in [9.17, 15) is 13.6 Å². The van der Waals surface area contributed by atoms with Gasteiger partial charge in [0.1, 0.15) is 11.6 Å². The van der Waals surface area contributed by atoms with E-state index in [-0.39, 0.29) is 40.3 Å². The second-order valence-electron chi connectivity index (χ2n) is 9.09. The number of ether oxygens (including phenoxy) is 1. The highest BCUT2D eigenvalue weighted by Crippen LogP contribution is 2.33. The molecular formula is C25H27ClF2N6O2. The lowest BCUT2D eigenvalue weighted by atomic mass is 10.0. The number of carbonyl (C=O) groups excluding carboxylic acids is 1. The topological polar surface area (TPSA) is 82.6 Å². The Hall–Kier alpha value is -3.24. The Morgan fingerprint density at radius 3 is 2.56 bits per heavy atom. The molecule has 1 aromatic heterocycles. The molecule has 1 amide bonds. The minimum absolute atomic E-state index is 0.0548. The zero-order valence-electron chi connectivity index (χ0n) is 20.0. The number of amides is 1. The third-order valence-corrected chi connectivity index (χ3v) is 7.14. The van der Waals surface area contributed by atoms with Gasteiger partial charge in [0.25, 0.3) is 0 Å². The molecule has 190 valence electrons. The van der Waals surface area contributed by atoms with Crippen LogP contribution >= 0.6 is 11.6 Å². The van der Waals surface area contributed by atoms with Crippen molar-refractivity contribution < 1.29 is 18.3 Å². The molecule has 8 nitrogen and oxygen atoms in total. The molecule has 3 aromatic rings. The maximum atomic E-state index is 14.5. The average Bonchev–Trinajstić information content (AvgIpc) is 2.84. The molecule has 5 rings (SSSR count). The Labute approximate surface area is 212 Å². The normalized spacial score (nSPS) is 18.1. The van der Waals surface area contributed by atoms with Crippen molar-refractivity contribution in [2.75, 3.05) is 44.0 Å². The standard InChI is InChI=1S/C25H27ClF2N6O2/c1-33(24(35)20-5-8-29-20)15-6-9-34(10-7-15)25-31-21-13-22(36-2)18(28)12-16(21)23(32-25)30-19-4-3-14(26)11-17(19)27/h3-4,11-13,15,20,29H,5-10H2,1-2H3,(H,30,31,32). The minimum Gasteiger partial charge on any atom is -0.494 e. The van der Waals surface area contributed by atoms with E-state index >= 15 is 0 Å². The van der Waals surface area contributed by atoms with Gasteiger partial charge in [-0.3, -0.25) is 4.79 Å². The summed E-state index contributed by atoms with van der Waals surface area (Å²) < 4.78 is 34.2. The molecule has 0 saturated carbocycles. The number of likely N-dealkylation sites (N-methyl/N-ethyl adjacent to an activating group) is 1. The van der Waals surface area contributed by atoms with Crippen molar-refractivity contribution in [3.63, 3.8) is 0 Å². The Morgan fingerprint density at radius 1 is 1.17 bits per heavy atom. The van der Waals surface area contributed by atoms with Gasteiger partial charge in [0.05, 0.1) is 24.4 Å². The first-order chi connectivity index (χ1) is 17.3. The van der Waals surface area contributed by atoms with Crippen LogP contribution in [0.25, 0.3) is 10.9 Å². The van der Waals surface area contributed by atoms with Crippen molar-refractivity contribution in [2.45, 2.75) is 31.3 Å². The van der Waals surface area contributed by atoms with Crippen molar-refractivity contribution in [3.8, 4) is 5.75 Å². The average molecular weight is 517 g/mol. The molecular weight excluding hydrogens is 490 g/mol. The minimum atomic E-state index is -0.574. The molecule has 11 heteroatoms. The molecule has 2 aliphatic heterocycles. The predicted octanol–water partition coefficient (Wildman–Crippen LogP) is 4.10. The molecule has 0 aliphatic carbocycles. The summed E-state index contributed by atoms with van der Waals surface area (Å²) in [6, 6.07) is 7.09. The van der Waals surface area contributed by atoms with Gasteiger partial charge in [0, 0.05) is 42.7 Å². The number of hydrogen-bond donors (Lipinski definition) is 2. The lowest BCUT2D eigenvalue weighted by molar-refractivity contribution is -0.136. The number of benzene rings is 2. The molecule has 0 radical (unpaired) electrons. The lowest BCUT2D eigenvalue weighted by Gasteiger charge is -2.39. The van der Waals surface area contributed by atoms with E-state index in [1.165, 1.54) is 31.4 Å². The summed E-state index contributed by atoms with van der Waals surface area (Å²) in [4.78, 5) is 25.8. The molecule has 0 spiro atoms. The molecule has 2 N–H and O–H groups in total. The fourth-order valence-corrected chi connectivity index (χ4v) is 4.77. The van der Waals surface area contributed by atoms with Gasteiger partial charge >= 0.3 is 0 Å². The first kappa shape index (κ1) is 24.5. The summed E-state index contributed by atoms with van der Waals surface area (Å²) >= 11 is 5.89. The molecule has 2 fully saturated rings. The highest BCUT2D eigenvalue weighted by atomic mass is 35.5. The number of anilines is 3. The second-order valence-corrected chi connectivity index (χ2v) is 9.52. The van der Waals surface area contributed by atoms with E-state index in [4.69, 9.17) is 16.3 Å². The van der Waals surface area contributed by atoms with E-state index in [1.807, 2.05) is 16.8 Å². The quantitative estimate of drug-likeness (QED) is 0.510. The van der Waals surface area contributed by atoms with Crippen LogP contribution in [0.2, 0.25) is 5.02 Å². The summed E-state index contributed by atoms with van der Waals surface area (Å²) in [5, 5.41) is 6.79. The third-order valence-electron chi connectivity index (χ3n) is 6.91. The highest BCUT2D eigenvalue weighted by Gasteiger charge is 2.33. The number of nitrogens with one attached hydrogen (secondary N) is 2. The number of halogens is 3. The summed E-state index contributed by atoms with van der Waals surface area (Å²) in [6.45, 7) is 2.16. The number of carbonyl (C=O) groups is 1. The molecule has 1 atom stereocenters. The summed E-state index contributed by atoms with van der Waals surface area (Å²) in [7, 11) is 3.25. The van der Waals surface area contributed by atoms with Gasteiger partial charge in [0.15, 0.2) is 11.6 Å². The van der Waals surface area contributed by atoms with Crippen LogP contribution in [-0.4, -0.2) is 66.7 Å². The second kappa shape index (κ2) is 10.0. The number of piperidine rings is 1. The predicted molar refractivity (Wildman–Crippen MR) is 135 cm³/mol. The Kier molecular flexibility index (Phi) is 6.81. The Morgan fingerprint density at radius 2 is 1.92 bits per heavy atom. The van der Waals surface area contributed by atoms with Gasteiger partial charge in [-0.15, -0.1) is 0 Å². The zero-order valence-corrected chi connectivity index (χ0v) is 20.8. The molecule has 2 saturated heterocycles. The van der Waals surface area contributed by atoms with E-state index in [0.717, 1.165) is 25.8 Å². The van der Waals surface area contributed by atoms with Crippen LogP contribution in [0, 0.1) is 11.6 Å². The zero-order chi connectivity index (χ0) is 25.4. The SMILES string of the molecule is COc1cc2nc(N3CCC(N(C)C(=O)C4CCN4)CC3)nc(Nc3ccc(Cl)cc3F)c2cc1F. The van der Waals surface area contributed by atoms with E-state index in [2.05, 4.69) is 20.6 Å². The van der Waals surface area contributed by atoms with Gasteiger partial charge in [-0.1, -0.05) is 11.6 Å². The molecule has 3 heterocycles. The molecule has 36 heavy (non-hydrogen) atoms. The van der Waals surface area contributed by atoms with Crippen LogP contribution in [-0.2, 0) is 4.79 Å². The van der Waals surface area contributed by atoms with Crippen LogP contribution in [0.1, 0.15) is 19.3 Å². The van der Waals surface area contributed by atoms with Gasteiger partial charge in [-0.2, -0.15) is 4.98 Å². The summed E-state index contributed by atoms with van der Waals surface area (Å²) in [5.41, 5.74) is 0.616. The fraction of sp³-hybridized carbons (Fsp3) is 0.400. The first-order valence-corrected chi connectivity index (χ1v) is 12.2. The Balaban J connectivity index is 1.43. The number of aromatic nitrogens is 2. The van der Waals surface area contributed by atoms with Gasteiger partial charge in [-0.25, -0.2) is 13.8 Å². The van der Waals surface area contributed by atoms with Gasteiger partial charge in [0.2, 0.25) is 11.9 Å².